The summed E-state index contributed by atoms with van der Waals surface area (Å²) in [5.74, 6) is 0.440. The molecule has 2 aromatic rings. The van der Waals surface area contributed by atoms with Gasteiger partial charge in [-0.05, 0) is 25.5 Å². The topological polar surface area (TPSA) is 101 Å². The lowest BCUT2D eigenvalue weighted by Crippen LogP contribution is -1.97. The van der Waals surface area contributed by atoms with Gasteiger partial charge in [-0.2, -0.15) is 0 Å². The second kappa shape index (κ2) is 7.62. The molecule has 0 radical (unpaired) electrons. The third-order valence-electron chi connectivity index (χ3n) is 2.71. The van der Waals surface area contributed by atoms with E-state index in [2.05, 4.69) is 4.98 Å². The predicted molar refractivity (Wildman–Crippen MR) is 82.0 cm³/mol. The maximum Gasteiger partial charge on any atom is 0.750 e. The molecule has 1 aromatic carbocycles. The molecular weight excluding hydrogens is 323 g/mol. The van der Waals surface area contributed by atoms with Crippen molar-refractivity contribution in [1.29, 1.82) is 0 Å². The van der Waals surface area contributed by atoms with Crippen LogP contribution in [0.2, 0.25) is 0 Å². The first kappa shape index (κ1) is 16.8. The molecule has 0 aliphatic heterocycles. The molecule has 23 heavy (non-hydrogen) atoms. The lowest BCUT2D eigenvalue weighted by molar-refractivity contribution is -0.385. The fraction of sp³-hybridized carbons (Fsp3) is 0.214. The number of rotatable bonds is 7. The molecule has 8 nitrogen and oxygen atoms in total. The third-order valence-corrected chi connectivity index (χ3v) is 3.53. The van der Waals surface area contributed by atoms with Crippen molar-refractivity contribution in [3.8, 4) is 17.4 Å². The Labute approximate surface area is 133 Å². The maximum atomic E-state index is 11.6. The summed E-state index contributed by atoms with van der Waals surface area (Å²) in [7, 11) is -2.50. The molecule has 0 saturated carbocycles. The zero-order chi connectivity index (χ0) is 16.8. The molecule has 0 fully saturated rings. The van der Waals surface area contributed by atoms with E-state index in [0.29, 0.717) is 17.2 Å². The van der Waals surface area contributed by atoms with Gasteiger partial charge < -0.3 is 4.74 Å². The Morgan fingerprint density at radius 1 is 1.30 bits per heavy atom. The smallest absolute Gasteiger partial charge is 0.439 e. The van der Waals surface area contributed by atoms with Gasteiger partial charge in [0, 0.05) is 29.0 Å². The van der Waals surface area contributed by atoms with Crippen LogP contribution in [0.4, 0.5) is 5.69 Å². The van der Waals surface area contributed by atoms with Crippen LogP contribution in [0, 0.1) is 17.0 Å². The summed E-state index contributed by atoms with van der Waals surface area (Å²) >= 11 is 0. The van der Waals surface area contributed by atoms with Crippen LogP contribution < -0.4 is 9.26 Å². The number of hydrogen-bond acceptors (Lipinski definition) is 7. The molecular formula is C14H14N2O6P+. The van der Waals surface area contributed by atoms with Gasteiger partial charge in [0.05, 0.1) is 4.92 Å². The van der Waals surface area contributed by atoms with Crippen molar-refractivity contribution in [1.82, 2.24) is 4.98 Å². The lowest BCUT2D eigenvalue weighted by Gasteiger charge is -2.08. The van der Waals surface area contributed by atoms with Gasteiger partial charge in [-0.1, -0.05) is 6.07 Å². The summed E-state index contributed by atoms with van der Waals surface area (Å²) < 4.78 is 27.0. The minimum atomic E-state index is -2.50. The van der Waals surface area contributed by atoms with Crippen LogP contribution >= 0.6 is 8.25 Å². The molecule has 0 saturated heterocycles. The normalized spacial score (nSPS) is 11.0. The Morgan fingerprint density at radius 3 is 2.70 bits per heavy atom. The molecule has 0 N–H and O–H groups in total. The average molecular weight is 337 g/mol. The number of hydrogen-bond donors (Lipinski definition) is 0. The predicted octanol–water partition coefficient (Wildman–Crippen LogP) is 4.16. The van der Waals surface area contributed by atoms with E-state index in [-0.39, 0.29) is 18.0 Å². The van der Waals surface area contributed by atoms with Crippen LogP contribution in [0.1, 0.15) is 12.5 Å². The zero-order valence-corrected chi connectivity index (χ0v) is 13.4. The summed E-state index contributed by atoms with van der Waals surface area (Å²) in [6.45, 7) is 3.44. The molecule has 1 unspecified atom stereocenters. The molecule has 0 spiro atoms. The van der Waals surface area contributed by atoms with Crippen molar-refractivity contribution in [3.63, 3.8) is 0 Å². The third kappa shape index (κ3) is 4.45. The van der Waals surface area contributed by atoms with Crippen molar-refractivity contribution >= 4 is 13.9 Å². The maximum absolute atomic E-state index is 11.6. The lowest BCUT2D eigenvalue weighted by atomic mass is 10.2. The molecule has 1 atom stereocenters. The molecule has 1 heterocycles. The van der Waals surface area contributed by atoms with Gasteiger partial charge in [0.25, 0.3) is 5.75 Å². The fourth-order valence-electron chi connectivity index (χ4n) is 1.71. The second-order valence-corrected chi connectivity index (χ2v) is 5.23. The Hall–Kier alpha value is -2.57. The zero-order valence-electron chi connectivity index (χ0n) is 12.5. The number of ether oxygens (including phenoxy) is 1. The van der Waals surface area contributed by atoms with Gasteiger partial charge in [-0.15, -0.1) is 4.52 Å². The quantitative estimate of drug-likeness (QED) is 0.424. The molecule has 2 rings (SSSR count). The van der Waals surface area contributed by atoms with Gasteiger partial charge in [0.1, 0.15) is 12.4 Å². The largest absolute Gasteiger partial charge is 0.750 e. The Bertz CT molecular complexity index is 723. The van der Waals surface area contributed by atoms with Gasteiger partial charge in [-0.3, -0.25) is 10.1 Å². The van der Waals surface area contributed by atoms with E-state index in [1.165, 1.54) is 12.1 Å². The van der Waals surface area contributed by atoms with E-state index in [0.717, 1.165) is 0 Å². The highest BCUT2D eigenvalue weighted by Gasteiger charge is 2.29. The van der Waals surface area contributed by atoms with Gasteiger partial charge in [0.15, 0.2) is 0 Å². The monoisotopic (exact) mass is 337 g/mol. The van der Waals surface area contributed by atoms with Crippen molar-refractivity contribution in [2.24, 2.45) is 0 Å². The standard InChI is InChI=1S/C14H14N2O6P/c1-3-20-23(19)22-13-9-12(10(2)8-11(13)16(17)18)21-14-6-4-5-7-15-14/h4-9H,3H2,1-2H3/q+1. The van der Waals surface area contributed by atoms with Crippen LogP contribution in [0.3, 0.4) is 0 Å². The average Bonchev–Trinajstić information content (AvgIpc) is 2.51. The fourth-order valence-corrected chi connectivity index (χ4v) is 2.28. The second-order valence-electron chi connectivity index (χ2n) is 4.35. The minimum Gasteiger partial charge on any atom is -0.439 e. The number of aromatic nitrogens is 1. The summed E-state index contributed by atoms with van der Waals surface area (Å²) in [5.41, 5.74) is 0.195. The molecule has 9 heteroatoms. The highest BCUT2D eigenvalue weighted by atomic mass is 31.1. The van der Waals surface area contributed by atoms with Gasteiger partial charge in [-0.25, -0.2) is 9.51 Å². The summed E-state index contributed by atoms with van der Waals surface area (Å²) in [5, 5.41) is 11.1. The number of benzene rings is 1. The van der Waals surface area contributed by atoms with E-state index in [1.54, 1.807) is 38.2 Å². The Balaban J connectivity index is 2.36. The summed E-state index contributed by atoms with van der Waals surface area (Å²) in [6, 6.07) is 7.70. The van der Waals surface area contributed by atoms with Crippen LogP contribution in [0.5, 0.6) is 17.4 Å². The van der Waals surface area contributed by atoms with E-state index in [9.17, 15) is 14.7 Å². The summed E-state index contributed by atoms with van der Waals surface area (Å²) in [4.78, 5) is 14.5. The van der Waals surface area contributed by atoms with E-state index >= 15 is 0 Å². The van der Waals surface area contributed by atoms with Crippen molar-refractivity contribution in [3.05, 3.63) is 52.2 Å². The number of aryl methyl sites for hydroxylation is 1. The molecule has 120 valence electrons. The molecule has 1 aromatic heterocycles. The Kier molecular flexibility index (Phi) is 5.56. The number of nitrogens with zero attached hydrogens (tertiary/aromatic N) is 2. The first-order valence-electron chi connectivity index (χ1n) is 6.67. The Morgan fingerprint density at radius 2 is 2.09 bits per heavy atom. The number of nitro groups is 1. The van der Waals surface area contributed by atoms with E-state index in [4.69, 9.17) is 13.8 Å². The van der Waals surface area contributed by atoms with Crippen LogP contribution in [-0.4, -0.2) is 16.5 Å². The first-order valence-corrected chi connectivity index (χ1v) is 7.77. The van der Waals surface area contributed by atoms with Crippen LogP contribution in [0.15, 0.2) is 36.5 Å². The molecule has 0 aliphatic rings. The molecule has 0 amide bonds. The first-order chi connectivity index (χ1) is 11.0. The van der Waals surface area contributed by atoms with Crippen LogP contribution in [-0.2, 0) is 9.09 Å². The van der Waals surface area contributed by atoms with E-state index < -0.39 is 13.2 Å². The highest BCUT2D eigenvalue weighted by molar-refractivity contribution is 7.33. The highest BCUT2D eigenvalue weighted by Crippen LogP contribution is 2.40. The molecule has 0 bridgehead atoms. The SMILES string of the molecule is CCO[P+](=O)Oc1cc(Oc2ccccn2)c(C)cc1[N+](=O)[O-]. The van der Waals surface area contributed by atoms with Crippen LogP contribution in [0.25, 0.3) is 0 Å². The van der Waals surface area contributed by atoms with Crippen molar-refractivity contribution in [2.75, 3.05) is 6.61 Å². The summed E-state index contributed by atoms with van der Waals surface area (Å²) in [6.07, 6.45) is 1.56. The van der Waals surface area contributed by atoms with Gasteiger partial charge in [0.2, 0.25) is 5.88 Å². The molecule has 0 aliphatic carbocycles. The van der Waals surface area contributed by atoms with Crippen molar-refractivity contribution in [2.45, 2.75) is 13.8 Å². The van der Waals surface area contributed by atoms with Gasteiger partial charge >= 0.3 is 13.9 Å². The number of nitro benzene ring substituents is 1. The van der Waals surface area contributed by atoms with E-state index in [1.807, 2.05) is 0 Å². The minimum absolute atomic E-state index is 0.159. The number of pyridine rings is 1. The van der Waals surface area contributed by atoms with Crippen molar-refractivity contribution < 1.29 is 23.3 Å².